The first kappa shape index (κ1) is 9.17. The van der Waals surface area contributed by atoms with Gasteiger partial charge in [-0.05, 0) is 0 Å². The van der Waals surface area contributed by atoms with Crippen LogP contribution in [-0.2, 0) is 18.4 Å². The van der Waals surface area contributed by atoms with Gasteiger partial charge in [-0.25, -0.2) is 0 Å². The molecule has 0 spiro atoms. The monoisotopic (exact) mass is 318 g/mol. The van der Waals surface area contributed by atoms with Crippen LogP contribution >= 0.6 is 7.26 Å². The molecular formula is C6H18AuP. The van der Waals surface area contributed by atoms with Gasteiger partial charge in [0, 0.05) is 0 Å². The molecule has 0 saturated heterocycles. The molecule has 0 atom stereocenters. The molecule has 0 heterocycles. The zero-order chi connectivity index (χ0) is 6.78. The summed E-state index contributed by atoms with van der Waals surface area (Å²) in [5.41, 5.74) is 0. The van der Waals surface area contributed by atoms with Crippen molar-refractivity contribution in [3.05, 3.63) is 0 Å². The van der Waals surface area contributed by atoms with Gasteiger partial charge in [-0.1, -0.05) is 0 Å². The first-order valence-electron chi connectivity index (χ1n) is 2.67. The summed E-state index contributed by atoms with van der Waals surface area (Å²) in [6, 6.07) is 0. The summed E-state index contributed by atoms with van der Waals surface area (Å²) in [4.78, 5) is 0. The molecule has 0 saturated carbocycles. The average Bonchev–Trinajstić information content (AvgIpc) is 1.21. The summed E-state index contributed by atoms with van der Waals surface area (Å²) in [6.45, 7) is 7.38. The SMILES string of the molecule is [CH3][Au]([CH3])[CH2][PH](C)(C)C. The van der Waals surface area contributed by atoms with Crippen molar-refractivity contribution in [3.8, 4) is 0 Å². The van der Waals surface area contributed by atoms with Gasteiger partial charge in [-0.15, -0.1) is 0 Å². The molecule has 0 rings (SSSR count). The summed E-state index contributed by atoms with van der Waals surface area (Å²) in [7, 11) is -0.654. The average molecular weight is 318 g/mol. The van der Waals surface area contributed by atoms with Gasteiger partial charge >= 0.3 is 60.4 Å². The van der Waals surface area contributed by atoms with Crippen molar-refractivity contribution in [1.82, 2.24) is 0 Å². The molecule has 0 N–H and O–H groups in total. The van der Waals surface area contributed by atoms with E-state index in [0.717, 1.165) is 0 Å². The Hall–Kier alpha value is 1.17. The summed E-state index contributed by atoms with van der Waals surface area (Å²) in [6.07, 6.45) is 0. The van der Waals surface area contributed by atoms with Crippen LogP contribution in [-0.4, -0.2) is 24.4 Å². The van der Waals surface area contributed by atoms with Gasteiger partial charge in [0.2, 0.25) is 0 Å². The number of rotatable bonds is 2. The second-order valence-corrected chi connectivity index (χ2v) is 16.3. The van der Waals surface area contributed by atoms with Crippen molar-refractivity contribution in [2.24, 2.45) is 0 Å². The first-order chi connectivity index (χ1) is 3.42. The molecule has 58 valence electrons. The van der Waals surface area contributed by atoms with Crippen LogP contribution < -0.4 is 0 Å². The van der Waals surface area contributed by atoms with Gasteiger partial charge in [-0.3, -0.25) is 0 Å². The summed E-state index contributed by atoms with van der Waals surface area (Å²) < 4.78 is 1.61. The maximum absolute atomic E-state index is 2.46. The molecule has 0 fully saturated rings. The van der Waals surface area contributed by atoms with E-state index in [9.17, 15) is 0 Å². The molecular weight excluding hydrogens is 300 g/mol. The van der Waals surface area contributed by atoms with Gasteiger partial charge in [-0.2, -0.15) is 0 Å². The number of hydrogen-bond acceptors (Lipinski definition) is 0. The molecule has 0 amide bonds. The fourth-order valence-corrected chi connectivity index (χ4v) is 15.7. The van der Waals surface area contributed by atoms with Crippen LogP contribution in [0, 0.1) is 0 Å². The Morgan fingerprint density at radius 1 is 1.12 bits per heavy atom. The van der Waals surface area contributed by atoms with Crippen LogP contribution in [0.15, 0.2) is 0 Å². The Balaban J connectivity index is 3.39. The van der Waals surface area contributed by atoms with Crippen molar-refractivity contribution in [2.45, 2.75) is 10.3 Å². The van der Waals surface area contributed by atoms with Crippen molar-refractivity contribution in [3.63, 3.8) is 0 Å². The van der Waals surface area contributed by atoms with E-state index in [1.54, 1.807) is 4.38 Å². The van der Waals surface area contributed by atoms with E-state index in [0.29, 0.717) is 0 Å². The third kappa shape index (κ3) is 7.17. The van der Waals surface area contributed by atoms with E-state index in [1.165, 1.54) is 0 Å². The van der Waals surface area contributed by atoms with Crippen molar-refractivity contribution < 1.29 is 18.4 Å². The molecule has 0 aromatic rings. The molecule has 0 aromatic carbocycles. The molecule has 0 aromatic heterocycles. The molecule has 0 radical (unpaired) electrons. The van der Waals surface area contributed by atoms with Crippen LogP contribution in [0.3, 0.4) is 0 Å². The van der Waals surface area contributed by atoms with E-state index >= 15 is 0 Å². The summed E-state index contributed by atoms with van der Waals surface area (Å²) in [5.74, 6) is 0. The quantitative estimate of drug-likeness (QED) is 0.541. The zero-order valence-corrected chi connectivity index (χ0v) is 9.68. The van der Waals surface area contributed by atoms with Crippen LogP contribution in [0.25, 0.3) is 0 Å². The van der Waals surface area contributed by atoms with Crippen LogP contribution in [0.4, 0.5) is 0 Å². The second kappa shape index (κ2) is 3.37. The molecule has 2 heteroatoms. The van der Waals surface area contributed by atoms with E-state index in [1.807, 2.05) is 0 Å². The van der Waals surface area contributed by atoms with Gasteiger partial charge < -0.3 is 0 Å². The van der Waals surface area contributed by atoms with E-state index in [-0.39, 0.29) is 18.4 Å². The van der Waals surface area contributed by atoms with Gasteiger partial charge in [0.25, 0.3) is 0 Å². The third-order valence-corrected chi connectivity index (χ3v) is 13.1. The van der Waals surface area contributed by atoms with Gasteiger partial charge in [0.15, 0.2) is 0 Å². The fraction of sp³-hybridized carbons (Fsp3) is 1.00. The molecule has 0 aliphatic heterocycles. The molecule has 0 unspecified atom stereocenters. The van der Waals surface area contributed by atoms with Crippen LogP contribution in [0.2, 0.25) is 10.3 Å². The Kier molecular flexibility index (Phi) is 3.86. The second-order valence-electron chi connectivity index (χ2n) is 3.40. The molecule has 0 bridgehead atoms. The van der Waals surface area contributed by atoms with Crippen molar-refractivity contribution in [1.29, 1.82) is 0 Å². The topological polar surface area (TPSA) is 0 Å². The predicted molar refractivity (Wildman–Crippen MR) is 42.7 cm³/mol. The predicted octanol–water partition coefficient (Wildman–Crippen LogP) is 2.30. The zero-order valence-electron chi connectivity index (χ0n) is 6.51. The molecule has 0 aliphatic rings. The number of hydrogen-bond donors (Lipinski definition) is 0. The van der Waals surface area contributed by atoms with Crippen LogP contribution in [0.5, 0.6) is 0 Å². The van der Waals surface area contributed by atoms with Crippen molar-refractivity contribution in [2.75, 3.05) is 24.4 Å². The minimum absolute atomic E-state index is 0.310. The van der Waals surface area contributed by atoms with Crippen molar-refractivity contribution >= 4 is 7.26 Å². The molecule has 8 heavy (non-hydrogen) atoms. The normalized spacial score (nSPS) is 15.9. The summed E-state index contributed by atoms with van der Waals surface area (Å²) >= 11 is -0.310. The van der Waals surface area contributed by atoms with E-state index < -0.39 is 7.26 Å². The Labute approximate surface area is 60.5 Å². The Morgan fingerprint density at radius 3 is 1.50 bits per heavy atom. The van der Waals surface area contributed by atoms with Crippen LogP contribution in [0.1, 0.15) is 0 Å². The van der Waals surface area contributed by atoms with Gasteiger partial charge in [0.05, 0.1) is 0 Å². The Morgan fingerprint density at radius 2 is 1.50 bits per heavy atom. The third-order valence-electron chi connectivity index (χ3n) is 0.533. The minimum atomic E-state index is -0.654. The Bertz CT molecular complexity index is 63.4. The van der Waals surface area contributed by atoms with E-state index in [4.69, 9.17) is 0 Å². The van der Waals surface area contributed by atoms with E-state index in [2.05, 4.69) is 30.3 Å². The first-order valence-corrected chi connectivity index (χ1v) is 12.2. The molecule has 0 aliphatic carbocycles. The summed E-state index contributed by atoms with van der Waals surface area (Å²) in [5, 5.41) is 4.90. The maximum atomic E-state index is 2.46. The standard InChI is InChI=1S/C4H12P.2CH3.Au/c1-5(2,3)4;;;/h5H,1H2,2-4H3;2*1H3;. The fourth-order valence-electron chi connectivity index (χ4n) is 0.640. The van der Waals surface area contributed by atoms with Gasteiger partial charge in [0.1, 0.15) is 0 Å². The molecule has 0 nitrogen and oxygen atoms in total.